The fraction of sp³-hybridized carbons (Fsp3) is 0.176. The topological polar surface area (TPSA) is 62.2 Å². The van der Waals surface area contributed by atoms with E-state index >= 15 is 0 Å². The zero-order valence-electron chi connectivity index (χ0n) is 13.4. The number of ether oxygens (including phenoxy) is 1. The van der Waals surface area contributed by atoms with E-state index in [1.165, 1.54) is 6.07 Å². The van der Waals surface area contributed by atoms with Gasteiger partial charge in [-0.1, -0.05) is 17.7 Å². The van der Waals surface area contributed by atoms with Crippen LogP contribution in [0.4, 0.5) is 23.2 Å². The monoisotopic (exact) mass is 388 g/mol. The van der Waals surface area contributed by atoms with E-state index in [9.17, 15) is 22.4 Å². The minimum absolute atomic E-state index is 0.0398. The smallest absolute Gasteiger partial charge is 0.416 e. The lowest BCUT2D eigenvalue weighted by atomic mass is 10.0. The van der Waals surface area contributed by atoms with Crippen LogP contribution in [0.2, 0.25) is 5.02 Å². The Morgan fingerprint density at radius 2 is 1.92 bits per heavy atom. The summed E-state index contributed by atoms with van der Waals surface area (Å²) < 4.78 is 56.4. The zero-order chi connectivity index (χ0) is 19.5. The molecular weight excluding hydrogens is 376 g/mol. The number of benzene rings is 2. The SMILES string of the molecule is COC(=O)C(=N)c1ccc(C(F)(F)F)cc1NCc1ccc(F)cc1Cl. The Labute approximate surface area is 151 Å². The van der Waals surface area contributed by atoms with Crippen LogP contribution in [0.15, 0.2) is 36.4 Å². The molecule has 2 N–H and O–H groups in total. The molecule has 0 aliphatic rings. The van der Waals surface area contributed by atoms with Crippen LogP contribution in [0.1, 0.15) is 16.7 Å². The van der Waals surface area contributed by atoms with Gasteiger partial charge >= 0.3 is 12.1 Å². The average molecular weight is 389 g/mol. The molecule has 0 saturated heterocycles. The summed E-state index contributed by atoms with van der Waals surface area (Å²) in [6, 6.07) is 6.17. The van der Waals surface area contributed by atoms with Gasteiger partial charge in [-0.3, -0.25) is 5.41 Å². The largest absolute Gasteiger partial charge is 0.464 e. The Hall–Kier alpha value is -2.61. The van der Waals surface area contributed by atoms with E-state index in [0.717, 1.165) is 37.4 Å². The number of anilines is 1. The molecule has 0 amide bonds. The fourth-order valence-electron chi connectivity index (χ4n) is 2.15. The molecule has 2 aromatic carbocycles. The predicted molar refractivity (Wildman–Crippen MR) is 89.0 cm³/mol. The van der Waals surface area contributed by atoms with Crippen LogP contribution in [0.5, 0.6) is 0 Å². The highest BCUT2D eigenvalue weighted by molar-refractivity contribution is 6.43. The lowest BCUT2D eigenvalue weighted by molar-refractivity contribution is -0.137. The number of esters is 1. The van der Waals surface area contributed by atoms with Crippen molar-refractivity contribution in [3.8, 4) is 0 Å². The van der Waals surface area contributed by atoms with Gasteiger partial charge in [-0.25, -0.2) is 9.18 Å². The molecule has 0 unspecified atom stereocenters. The number of hydrogen-bond acceptors (Lipinski definition) is 4. The number of halogens is 5. The first kappa shape index (κ1) is 19.7. The fourth-order valence-corrected chi connectivity index (χ4v) is 2.39. The summed E-state index contributed by atoms with van der Waals surface area (Å²) in [5, 5.41) is 10.6. The molecule has 0 bridgehead atoms. The maximum absolute atomic E-state index is 13.1. The molecule has 0 aliphatic carbocycles. The van der Waals surface area contributed by atoms with Crippen molar-refractivity contribution >= 4 is 29.0 Å². The molecule has 0 radical (unpaired) electrons. The molecule has 2 rings (SSSR count). The molecular formula is C17H13ClF4N2O2. The first-order chi connectivity index (χ1) is 12.1. The van der Waals surface area contributed by atoms with Crippen LogP contribution in [-0.4, -0.2) is 18.8 Å². The summed E-state index contributed by atoms with van der Waals surface area (Å²) in [4.78, 5) is 11.6. The van der Waals surface area contributed by atoms with Gasteiger partial charge < -0.3 is 10.1 Å². The number of carbonyl (C=O) groups is 1. The Kier molecular flexibility index (Phi) is 5.86. The lowest BCUT2D eigenvalue weighted by Crippen LogP contribution is -2.18. The molecule has 0 saturated carbocycles. The second kappa shape index (κ2) is 7.74. The van der Waals surface area contributed by atoms with Gasteiger partial charge in [-0.05, 0) is 35.9 Å². The van der Waals surface area contributed by atoms with Crippen molar-refractivity contribution in [2.24, 2.45) is 0 Å². The van der Waals surface area contributed by atoms with Crippen molar-refractivity contribution in [2.75, 3.05) is 12.4 Å². The Balaban J connectivity index is 2.39. The summed E-state index contributed by atoms with van der Waals surface area (Å²) in [5.41, 5.74) is -1.29. The minimum atomic E-state index is -4.60. The van der Waals surface area contributed by atoms with E-state index in [1.807, 2.05) is 0 Å². The van der Waals surface area contributed by atoms with Crippen molar-refractivity contribution in [3.63, 3.8) is 0 Å². The highest BCUT2D eigenvalue weighted by Crippen LogP contribution is 2.33. The minimum Gasteiger partial charge on any atom is -0.464 e. The summed E-state index contributed by atoms with van der Waals surface area (Å²) in [7, 11) is 1.06. The van der Waals surface area contributed by atoms with Crippen LogP contribution in [-0.2, 0) is 22.3 Å². The summed E-state index contributed by atoms with van der Waals surface area (Å²) >= 11 is 5.90. The molecule has 0 heterocycles. The van der Waals surface area contributed by atoms with Gasteiger partial charge in [0.15, 0.2) is 0 Å². The lowest BCUT2D eigenvalue weighted by Gasteiger charge is -2.16. The third-order valence-corrected chi connectivity index (χ3v) is 3.84. The quantitative estimate of drug-likeness (QED) is 0.445. The Bertz CT molecular complexity index is 853. The zero-order valence-corrected chi connectivity index (χ0v) is 14.1. The van der Waals surface area contributed by atoms with E-state index in [4.69, 9.17) is 17.0 Å². The van der Waals surface area contributed by atoms with Crippen LogP contribution < -0.4 is 5.32 Å². The van der Waals surface area contributed by atoms with Crippen molar-refractivity contribution in [3.05, 3.63) is 63.9 Å². The number of alkyl halides is 3. The second-order valence-electron chi connectivity index (χ2n) is 5.21. The molecule has 2 aromatic rings. The van der Waals surface area contributed by atoms with Gasteiger partial charge in [-0.2, -0.15) is 13.2 Å². The predicted octanol–water partition coefficient (Wildman–Crippen LogP) is 4.65. The first-order valence-corrected chi connectivity index (χ1v) is 7.57. The number of hydrogen-bond donors (Lipinski definition) is 2. The highest BCUT2D eigenvalue weighted by Gasteiger charge is 2.31. The number of rotatable bonds is 5. The Morgan fingerprint density at radius 1 is 1.23 bits per heavy atom. The van der Waals surface area contributed by atoms with Crippen LogP contribution in [0.25, 0.3) is 0 Å². The molecule has 4 nitrogen and oxygen atoms in total. The number of nitrogens with one attached hydrogen (secondary N) is 2. The van der Waals surface area contributed by atoms with Crippen LogP contribution >= 0.6 is 11.6 Å². The molecule has 9 heteroatoms. The van der Waals surface area contributed by atoms with Gasteiger partial charge in [-0.15, -0.1) is 0 Å². The van der Waals surface area contributed by atoms with Gasteiger partial charge in [0.25, 0.3) is 0 Å². The van der Waals surface area contributed by atoms with Gasteiger partial charge in [0, 0.05) is 22.8 Å². The molecule has 0 aromatic heterocycles. The van der Waals surface area contributed by atoms with Crippen molar-refractivity contribution < 1.29 is 27.1 Å². The first-order valence-electron chi connectivity index (χ1n) is 7.19. The standard InChI is InChI=1S/C17H13ClF4N2O2/c1-26-16(25)15(23)12-5-3-10(17(20,21)22)6-14(12)24-8-9-2-4-11(19)7-13(9)18/h2-7,23-24H,8H2,1H3. The normalized spacial score (nSPS) is 11.2. The van der Waals surface area contributed by atoms with Crippen LogP contribution in [0, 0.1) is 11.2 Å². The number of methoxy groups -OCH3 is 1. The molecule has 138 valence electrons. The number of carbonyl (C=O) groups excluding carboxylic acids is 1. The van der Waals surface area contributed by atoms with E-state index in [1.54, 1.807) is 0 Å². The maximum atomic E-state index is 13.1. The van der Waals surface area contributed by atoms with E-state index in [2.05, 4.69) is 10.1 Å². The van der Waals surface area contributed by atoms with Gasteiger partial charge in [0.2, 0.25) is 0 Å². The summed E-state index contributed by atoms with van der Waals surface area (Å²) in [5.74, 6) is -1.54. The van der Waals surface area contributed by atoms with Crippen molar-refractivity contribution in [2.45, 2.75) is 12.7 Å². The van der Waals surface area contributed by atoms with Crippen LogP contribution in [0.3, 0.4) is 0 Å². The van der Waals surface area contributed by atoms with Gasteiger partial charge in [0.05, 0.1) is 12.7 Å². The van der Waals surface area contributed by atoms with Crippen molar-refractivity contribution in [1.29, 1.82) is 5.41 Å². The third-order valence-electron chi connectivity index (χ3n) is 3.49. The Morgan fingerprint density at radius 3 is 2.50 bits per heavy atom. The molecule has 0 fully saturated rings. The van der Waals surface area contributed by atoms with E-state index in [0.29, 0.717) is 5.56 Å². The third kappa shape index (κ3) is 4.51. The van der Waals surface area contributed by atoms with E-state index < -0.39 is 29.2 Å². The summed E-state index contributed by atoms with van der Waals surface area (Å²) in [6.45, 7) is -0.0398. The van der Waals surface area contributed by atoms with Gasteiger partial charge in [0.1, 0.15) is 11.5 Å². The van der Waals surface area contributed by atoms with E-state index in [-0.39, 0.29) is 22.8 Å². The highest BCUT2D eigenvalue weighted by atomic mass is 35.5. The molecule has 0 atom stereocenters. The molecule has 0 aliphatic heterocycles. The maximum Gasteiger partial charge on any atom is 0.416 e. The summed E-state index contributed by atoms with van der Waals surface area (Å²) in [6.07, 6.45) is -4.60. The average Bonchev–Trinajstić information content (AvgIpc) is 2.58. The second-order valence-corrected chi connectivity index (χ2v) is 5.62. The molecule has 26 heavy (non-hydrogen) atoms. The molecule has 0 spiro atoms. The van der Waals surface area contributed by atoms with Crippen molar-refractivity contribution in [1.82, 2.24) is 0 Å².